The van der Waals surface area contributed by atoms with E-state index in [1.165, 1.54) is 17.0 Å². The summed E-state index contributed by atoms with van der Waals surface area (Å²) in [5.41, 5.74) is 0.730. The van der Waals surface area contributed by atoms with Crippen molar-refractivity contribution in [1.29, 1.82) is 0 Å². The first-order valence-corrected chi connectivity index (χ1v) is 13.5. The molecule has 0 amide bonds. The predicted molar refractivity (Wildman–Crippen MR) is 128 cm³/mol. The van der Waals surface area contributed by atoms with Gasteiger partial charge in [-0.05, 0) is 0 Å². The van der Waals surface area contributed by atoms with Gasteiger partial charge < -0.3 is 69.0 Å². The minimum Gasteiger partial charge on any atom is -0.387 e. The molecule has 0 aromatic carbocycles. The first-order valence-electron chi connectivity index (χ1n) is 8.63. The van der Waals surface area contributed by atoms with Crippen LogP contribution in [0.15, 0.2) is 12.4 Å². The van der Waals surface area contributed by atoms with E-state index in [0.717, 1.165) is 0 Å². The van der Waals surface area contributed by atoms with Crippen LogP contribution in [0.5, 0.6) is 0 Å². The number of nitrogens with one attached hydrogen (secondary N) is 1. The molecule has 1 fully saturated rings. The van der Waals surface area contributed by atoms with Gasteiger partial charge in [-0.15, -0.1) is 0 Å². The van der Waals surface area contributed by atoms with E-state index < -0.39 is 54.6 Å². The summed E-state index contributed by atoms with van der Waals surface area (Å²) in [6.07, 6.45) is -4.69. The molecule has 2 aromatic rings. The Balaban J connectivity index is 0. The molecule has 3 heterocycles. The number of phosphoric ester groups is 1. The number of pyridine rings is 1. The molecule has 1 aliphatic heterocycles. The molecule has 6 atom stereocenters. The van der Waals surface area contributed by atoms with Crippen LogP contribution in [0.2, 0.25) is 5.15 Å². The van der Waals surface area contributed by atoms with Crippen LogP contribution >= 0.6 is 35.1 Å². The Morgan fingerprint density at radius 2 is 1.65 bits per heavy atom. The van der Waals surface area contributed by atoms with Crippen molar-refractivity contribution < 1.29 is 61.4 Å². The molecule has 2 aromatic heterocycles. The largest absolute Gasteiger partial charge is 0.490 e. The van der Waals surface area contributed by atoms with Gasteiger partial charge in [-0.1, -0.05) is 11.6 Å². The van der Waals surface area contributed by atoms with Crippen molar-refractivity contribution in [3.05, 3.63) is 17.5 Å². The van der Waals surface area contributed by atoms with Crippen LogP contribution in [0.3, 0.4) is 0 Å². The van der Waals surface area contributed by atoms with Crippen LogP contribution in [0.1, 0.15) is 6.23 Å². The summed E-state index contributed by atoms with van der Waals surface area (Å²) in [7, 11) is -15.1. The Kier molecular flexibility index (Phi) is 14.1. The Morgan fingerprint density at radius 3 is 2.19 bits per heavy atom. The quantitative estimate of drug-likeness (QED) is 0.135. The number of aliphatic hydroxyl groups excluding tert-OH is 2. The first-order chi connectivity index (χ1) is 15.1. The summed E-state index contributed by atoms with van der Waals surface area (Å²) < 4.78 is 52.3. The standard InChI is InChI=1S/C12H18ClN4O13P3.4H3N/c1-14-11-8-5(2-7(13)16-11)17(4-15-8)12-10(19)9(18)6(28-12)3-27-32(23,24)30-33(25,26)29-31(20,21)22;;;;/h2,4,6,9-10,12,18-19H,3H2,1H3,(H,14,16)(H,23,24)(H,25,26)(H2,20,21,22);4*1H3/t6-,9-,10-,12-;;;;/m1..../s1. The van der Waals surface area contributed by atoms with Gasteiger partial charge in [-0.3, -0.25) is 4.52 Å². The Hall–Kier alpha value is -1.16. The number of hydrogen-bond acceptors (Lipinski definition) is 16. The maximum Gasteiger partial charge on any atom is 0.490 e. The predicted octanol–water partition coefficient (Wildman–Crippen LogP) is 0.737. The van der Waals surface area contributed by atoms with Crippen molar-refractivity contribution in [2.45, 2.75) is 24.5 Å². The third-order valence-electron chi connectivity index (χ3n) is 4.20. The summed E-state index contributed by atoms with van der Waals surface area (Å²) >= 11 is 5.98. The van der Waals surface area contributed by atoms with E-state index in [1.807, 2.05) is 0 Å². The molecule has 2 unspecified atom stereocenters. The van der Waals surface area contributed by atoms with E-state index in [0.29, 0.717) is 16.9 Å². The molecule has 1 aliphatic rings. The number of hydrogen-bond donors (Lipinski definition) is 11. The van der Waals surface area contributed by atoms with Crippen LogP contribution in [0.4, 0.5) is 5.82 Å². The number of aromatic nitrogens is 3. The van der Waals surface area contributed by atoms with Gasteiger partial charge in [0, 0.05) is 13.1 Å². The average Bonchev–Trinajstić information content (AvgIpc) is 3.18. The highest BCUT2D eigenvalue weighted by Gasteiger charge is 2.46. The molecule has 1 saturated heterocycles. The maximum absolute atomic E-state index is 11.9. The number of halogens is 1. The molecule has 0 aliphatic carbocycles. The number of ether oxygens (including phenoxy) is 1. The smallest absolute Gasteiger partial charge is 0.387 e. The third-order valence-corrected chi connectivity index (χ3v) is 8.19. The minimum atomic E-state index is -5.71. The van der Waals surface area contributed by atoms with Gasteiger partial charge in [0.1, 0.15) is 29.0 Å². The zero-order valence-electron chi connectivity index (χ0n) is 19.1. The van der Waals surface area contributed by atoms with Crippen molar-refractivity contribution in [2.24, 2.45) is 0 Å². The molecule has 0 spiro atoms. The van der Waals surface area contributed by atoms with E-state index in [1.54, 1.807) is 7.05 Å². The second-order valence-corrected chi connectivity index (χ2v) is 11.3. The fourth-order valence-corrected chi connectivity index (χ4v) is 6.16. The fraction of sp³-hybridized carbons (Fsp3) is 0.500. The highest BCUT2D eigenvalue weighted by Crippen LogP contribution is 2.66. The van der Waals surface area contributed by atoms with Crippen LogP contribution in [0.25, 0.3) is 11.0 Å². The van der Waals surface area contributed by atoms with Crippen molar-refractivity contribution in [3.8, 4) is 0 Å². The summed E-state index contributed by atoms with van der Waals surface area (Å²) in [5, 5.41) is 23.5. The van der Waals surface area contributed by atoms with Gasteiger partial charge in [0.25, 0.3) is 0 Å². The number of aliphatic hydroxyl groups is 2. The summed E-state index contributed by atoms with van der Waals surface area (Å²) in [6, 6.07) is 1.42. The van der Waals surface area contributed by atoms with Gasteiger partial charge in [0.05, 0.1) is 18.5 Å². The summed E-state index contributed by atoms with van der Waals surface area (Å²) in [6.45, 7) is -0.949. The van der Waals surface area contributed by atoms with Crippen molar-refractivity contribution in [1.82, 2.24) is 39.1 Å². The number of rotatable bonds is 9. The highest BCUT2D eigenvalue weighted by molar-refractivity contribution is 7.66. The van der Waals surface area contributed by atoms with E-state index in [9.17, 15) is 28.8 Å². The van der Waals surface area contributed by atoms with Gasteiger partial charge >= 0.3 is 23.5 Å². The molecule has 3 rings (SSSR count). The molecular formula is C12H30ClN8O13P3. The summed E-state index contributed by atoms with van der Waals surface area (Å²) in [5.74, 6) is 0.327. The van der Waals surface area contributed by atoms with E-state index in [2.05, 4.69) is 28.4 Å². The average molecular weight is 623 g/mol. The molecule has 0 saturated carbocycles. The van der Waals surface area contributed by atoms with Crippen LogP contribution in [0, 0.1) is 0 Å². The van der Waals surface area contributed by atoms with Gasteiger partial charge in [0.15, 0.2) is 12.0 Å². The van der Waals surface area contributed by atoms with Crippen LogP contribution in [-0.4, -0.2) is 76.3 Å². The molecule has 218 valence electrons. The first kappa shape index (κ1) is 38.0. The Morgan fingerprint density at radius 1 is 1.05 bits per heavy atom. The lowest BCUT2D eigenvalue weighted by Gasteiger charge is -2.19. The molecule has 25 heteroatoms. The number of phosphoric acid groups is 3. The molecule has 0 radical (unpaired) electrons. The van der Waals surface area contributed by atoms with Gasteiger partial charge in [-0.2, -0.15) is 8.62 Å². The number of anilines is 1. The second-order valence-electron chi connectivity index (χ2n) is 6.50. The number of nitrogens with zero attached hydrogens (tertiary/aromatic N) is 3. The lowest BCUT2D eigenvalue weighted by Crippen LogP contribution is -2.33. The zero-order valence-corrected chi connectivity index (χ0v) is 22.5. The third kappa shape index (κ3) is 9.22. The molecule has 37 heavy (non-hydrogen) atoms. The topological polar surface area (TPSA) is 392 Å². The zero-order chi connectivity index (χ0) is 24.8. The second kappa shape index (κ2) is 13.8. The molecular weight excluding hydrogens is 593 g/mol. The van der Waals surface area contributed by atoms with Crippen LogP contribution in [-0.2, 0) is 31.6 Å². The molecule has 19 N–H and O–H groups in total. The van der Waals surface area contributed by atoms with E-state index in [4.69, 9.17) is 31.0 Å². The minimum absolute atomic E-state index is 0. The highest BCUT2D eigenvalue weighted by atomic mass is 35.5. The lowest BCUT2D eigenvalue weighted by molar-refractivity contribution is -0.0501. The fourth-order valence-electron chi connectivity index (χ4n) is 2.95. The normalized spacial score (nSPS) is 24.4. The summed E-state index contributed by atoms with van der Waals surface area (Å²) in [4.78, 5) is 43.9. The number of fused-ring (bicyclic) bond motifs is 1. The van der Waals surface area contributed by atoms with Crippen molar-refractivity contribution >= 4 is 51.9 Å². The van der Waals surface area contributed by atoms with Crippen molar-refractivity contribution in [3.63, 3.8) is 0 Å². The van der Waals surface area contributed by atoms with Gasteiger partial charge in [-0.25, -0.2) is 23.7 Å². The van der Waals surface area contributed by atoms with Crippen LogP contribution < -0.4 is 29.9 Å². The van der Waals surface area contributed by atoms with E-state index in [-0.39, 0.29) is 29.8 Å². The Labute approximate surface area is 213 Å². The molecule has 0 bridgehead atoms. The van der Waals surface area contributed by atoms with Gasteiger partial charge in [0.2, 0.25) is 0 Å². The lowest BCUT2D eigenvalue weighted by atomic mass is 10.1. The maximum atomic E-state index is 11.9. The monoisotopic (exact) mass is 622 g/mol. The Bertz CT molecular complexity index is 1180. The SMILES string of the molecule is CNc1nc(Cl)cc2c1ncn2[C@@H]1O[C@H](COP(=O)(O)OP(=O)(O)OP(=O)(O)O)[C@@H](O)[C@H]1O.N.N.N.N. The van der Waals surface area contributed by atoms with E-state index >= 15 is 0 Å². The van der Waals surface area contributed by atoms with Crippen molar-refractivity contribution in [2.75, 3.05) is 19.0 Å². The molecule has 21 nitrogen and oxygen atoms in total. The number of imidazole rings is 1.